The third-order valence-electron chi connectivity index (χ3n) is 2.72. The molecule has 4 nitrogen and oxygen atoms in total. The van der Waals surface area contributed by atoms with Crippen molar-refractivity contribution in [3.05, 3.63) is 48.0 Å². The van der Waals surface area contributed by atoms with E-state index in [9.17, 15) is 0 Å². The molecule has 0 bridgehead atoms. The van der Waals surface area contributed by atoms with Gasteiger partial charge in [0.15, 0.2) is 0 Å². The first-order valence-corrected chi connectivity index (χ1v) is 5.99. The van der Waals surface area contributed by atoms with Crippen LogP contribution in [0.3, 0.4) is 0 Å². The predicted molar refractivity (Wildman–Crippen MR) is 75.9 cm³/mol. The van der Waals surface area contributed by atoms with E-state index in [4.69, 9.17) is 5.84 Å². The molecule has 4 heteroatoms. The highest BCUT2D eigenvalue weighted by Crippen LogP contribution is 2.21. The fraction of sp³-hybridized carbons (Fsp3) is 0.214. The largest absolute Gasteiger partial charge is 0.340 e. The zero-order valence-corrected chi connectivity index (χ0v) is 10.6. The van der Waals surface area contributed by atoms with Gasteiger partial charge in [-0.05, 0) is 35.7 Å². The second-order valence-electron chi connectivity index (χ2n) is 4.46. The third kappa shape index (κ3) is 2.99. The van der Waals surface area contributed by atoms with Gasteiger partial charge in [-0.25, -0.2) is 10.8 Å². The Labute approximate surface area is 107 Å². The van der Waals surface area contributed by atoms with E-state index in [1.54, 1.807) is 0 Å². The maximum atomic E-state index is 5.34. The molecule has 2 aromatic rings. The van der Waals surface area contributed by atoms with Crippen molar-refractivity contribution in [2.75, 3.05) is 10.7 Å². The summed E-state index contributed by atoms with van der Waals surface area (Å²) < 4.78 is 0. The Morgan fingerprint density at radius 1 is 1.06 bits per heavy atom. The molecule has 2 rings (SSSR count). The lowest BCUT2D eigenvalue weighted by Gasteiger charge is -2.10. The number of rotatable bonds is 4. The molecule has 0 amide bonds. The first kappa shape index (κ1) is 12.4. The van der Waals surface area contributed by atoms with Gasteiger partial charge in [-0.15, -0.1) is 0 Å². The highest BCUT2D eigenvalue weighted by atomic mass is 15.3. The highest BCUT2D eigenvalue weighted by molar-refractivity contribution is 5.58. The van der Waals surface area contributed by atoms with Gasteiger partial charge in [0.05, 0.1) is 0 Å². The molecule has 4 N–H and O–H groups in total. The molecule has 94 valence electrons. The van der Waals surface area contributed by atoms with Crippen molar-refractivity contribution in [3.8, 4) is 0 Å². The minimum Gasteiger partial charge on any atom is -0.340 e. The van der Waals surface area contributed by atoms with Gasteiger partial charge in [-0.2, -0.15) is 0 Å². The van der Waals surface area contributed by atoms with Crippen LogP contribution < -0.4 is 16.6 Å². The molecule has 18 heavy (non-hydrogen) atoms. The van der Waals surface area contributed by atoms with Gasteiger partial charge in [0.25, 0.3) is 0 Å². The van der Waals surface area contributed by atoms with Crippen molar-refractivity contribution in [1.82, 2.24) is 4.98 Å². The van der Waals surface area contributed by atoms with Crippen LogP contribution in [0.5, 0.6) is 0 Å². The fourth-order valence-electron chi connectivity index (χ4n) is 1.71. The first-order valence-electron chi connectivity index (χ1n) is 5.99. The lowest BCUT2D eigenvalue weighted by Crippen LogP contribution is -2.08. The van der Waals surface area contributed by atoms with Crippen LogP contribution in [0, 0.1) is 0 Å². The summed E-state index contributed by atoms with van der Waals surface area (Å²) in [5, 5.41) is 3.27. The number of anilines is 3. The highest BCUT2D eigenvalue weighted by Gasteiger charge is 2.01. The molecule has 0 aliphatic rings. The van der Waals surface area contributed by atoms with Crippen LogP contribution in [0.15, 0.2) is 42.5 Å². The molecule has 0 atom stereocenters. The number of hydrazine groups is 1. The van der Waals surface area contributed by atoms with E-state index >= 15 is 0 Å². The number of hydrogen-bond donors (Lipinski definition) is 3. The molecule has 0 unspecified atom stereocenters. The smallest absolute Gasteiger partial charge is 0.142 e. The van der Waals surface area contributed by atoms with E-state index in [1.807, 2.05) is 30.3 Å². The Balaban J connectivity index is 2.20. The predicted octanol–water partition coefficient (Wildman–Crippen LogP) is 3.23. The van der Waals surface area contributed by atoms with Crippen molar-refractivity contribution in [1.29, 1.82) is 0 Å². The second kappa shape index (κ2) is 5.51. The van der Waals surface area contributed by atoms with Gasteiger partial charge in [0.2, 0.25) is 0 Å². The molecule has 1 aromatic heterocycles. The van der Waals surface area contributed by atoms with Gasteiger partial charge in [-0.3, -0.25) is 0 Å². The van der Waals surface area contributed by atoms with E-state index in [0.717, 1.165) is 11.5 Å². The zero-order chi connectivity index (χ0) is 13.0. The van der Waals surface area contributed by atoms with Crippen molar-refractivity contribution < 1.29 is 0 Å². The number of nitrogens with two attached hydrogens (primary N) is 1. The summed E-state index contributed by atoms with van der Waals surface area (Å²) in [6.45, 7) is 4.35. The van der Waals surface area contributed by atoms with Crippen LogP contribution >= 0.6 is 0 Å². The number of nitrogens with one attached hydrogen (secondary N) is 2. The van der Waals surface area contributed by atoms with Gasteiger partial charge in [0, 0.05) is 5.69 Å². The molecule has 1 aromatic carbocycles. The summed E-state index contributed by atoms with van der Waals surface area (Å²) in [6.07, 6.45) is 0. The van der Waals surface area contributed by atoms with Crippen molar-refractivity contribution in [2.24, 2.45) is 5.84 Å². The van der Waals surface area contributed by atoms with Crippen LogP contribution in [0.2, 0.25) is 0 Å². The van der Waals surface area contributed by atoms with E-state index in [2.05, 4.69) is 41.7 Å². The number of pyridine rings is 1. The SMILES string of the molecule is CC(C)c1cccc(Nc2cccc(NN)n2)c1. The zero-order valence-electron chi connectivity index (χ0n) is 10.6. The molecular formula is C14H18N4. The summed E-state index contributed by atoms with van der Waals surface area (Å²) in [6, 6.07) is 13.9. The molecule has 0 fully saturated rings. The monoisotopic (exact) mass is 242 g/mol. The minimum atomic E-state index is 0.511. The Bertz CT molecular complexity index is 523. The molecule has 0 spiro atoms. The van der Waals surface area contributed by atoms with Crippen LogP contribution in [-0.2, 0) is 0 Å². The van der Waals surface area contributed by atoms with Crippen LogP contribution in [0.4, 0.5) is 17.3 Å². The standard InChI is InChI=1S/C14H18N4/c1-10(2)11-5-3-6-12(9-11)16-13-7-4-8-14(17-13)18-15/h3-10H,15H2,1-2H3,(H2,16,17,18). The average molecular weight is 242 g/mol. The second-order valence-corrected chi connectivity index (χ2v) is 4.46. The molecule has 0 aliphatic heterocycles. The molecule has 0 saturated heterocycles. The van der Waals surface area contributed by atoms with Crippen molar-refractivity contribution in [2.45, 2.75) is 19.8 Å². The van der Waals surface area contributed by atoms with E-state index in [-0.39, 0.29) is 0 Å². The van der Waals surface area contributed by atoms with Gasteiger partial charge in [0.1, 0.15) is 11.6 Å². The van der Waals surface area contributed by atoms with Crippen LogP contribution in [-0.4, -0.2) is 4.98 Å². The lowest BCUT2D eigenvalue weighted by molar-refractivity contribution is 0.867. The van der Waals surface area contributed by atoms with Gasteiger partial charge in [-0.1, -0.05) is 32.0 Å². The number of nitrogen functional groups attached to an aromatic ring is 1. The number of benzene rings is 1. The summed E-state index contributed by atoms with van der Waals surface area (Å²) in [5.74, 6) is 7.26. The maximum absolute atomic E-state index is 5.34. The number of aromatic nitrogens is 1. The quantitative estimate of drug-likeness (QED) is 0.569. The Morgan fingerprint density at radius 2 is 1.78 bits per heavy atom. The molecule has 0 aliphatic carbocycles. The maximum Gasteiger partial charge on any atom is 0.142 e. The Hall–Kier alpha value is -2.07. The lowest BCUT2D eigenvalue weighted by atomic mass is 10.0. The van der Waals surface area contributed by atoms with Crippen LogP contribution in [0.25, 0.3) is 0 Å². The molecule has 0 saturated carbocycles. The summed E-state index contributed by atoms with van der Waals surface area (Å²) in [7, 11) is 0. The van der Waals surface area contributed by atoms with Crippen molar-refractivity contribution >= 4 is 17.3 Å². The third-order valence-corrected chi connectivity index (χ3v) is 2.72. The topological polar surface area (TPSA) is 63.0 Å². The van der Waals surface area contributed by atoms with E-state index in [0.29, 0.717) is 11.7 Å². The van der Waals surface area contributed by atoms with Crippen molar-refractivity contribution in [3.63, 3.8) is 0 Å². The summed E-state index contributed by atoms with van der Waals surface area (Å²) in [4.78, 5) is 4.31. The number of nitrogens with zero attached hydrogens (tertiary/aromatic N) is 1. The summed E-state index contributed by atoms with van der Waals surface area (Å²) >= 11 is 0. The minimum absolute atomic E-state index is 0.511. The van der Waals surface area contributed by atoms with E-state index < -0.39 is 0 Å². The Kier molecular flexibility index (Phi) is 3.79. The van der Waals surface area contributed by atoms with Crippen LogP contribution in [0.1, 0.15) is 25.3 Å². The fourth-order valence-corrected chi connectivity index (χ4v) is 1.71. The average Bonchev–Trinajstić information content (AvgIpc) is 2.39. The number of hydrogen-bond acceptors (Lipinski definition) is 4. The molecular weight excluding hydrogens is 224 g/mol. The van der Waals surface area contributed by atoms with E-state index in [1.165, 1.54) is 5.56 Å². The van der Waals surface area contributed by atoms with Gasteiger partial charge >= 0.3 is 0 Å². The first-order chi connectivity index (χ1) is 8.69. The van der Waals surface area contributed by atoms with Gasteiger partial charge < -0.3 is 10.7 Å². The normalized spacial score (nSPS) is 10.4. The molecule has 0 radical (unpaired) electrons. The summed E-state index contributed by atoms with van der Waals surface area (Å²) in [5.41, 5.74) is 4.86. The molecule has 1 heterocycles. The Morgan fingerprint density at radius 3 is 2.50 bits per heavy atom.